The monoisotopic (exact) mass is 143 g/mol. The molecule has 0 heterocycles. The zero-order valence-electron chi connectivity index (χ0n) is 6.46. The Bertz CT molecular complexity index is 123. The molecule has 3 heteroatoms. The molecule has 3 nitrogen and oxygen atoms in total. The van der Waals surface area contributed by atoms with E-state index in [0.29, 0.717) is 13.2 Å². The van der Waals surface area contributed by atoms with Crippen LogP contribution in [0, 0.1) is 0 Å². The van der Waals surface area contributed by atoms with E-state index in [0.717, 1.165) is 0 Å². The molecule has 0 saturated carbocycles. The average molecular weight is 143 g/mol. The lowest BCUT2D eigenvalue weighted by atomic mass is 10.6. The molecular formula is C7H13NO2. The van der Waals surface area contributed by atoms with Gasteiger partial charge in [0.2, 0.25) is 0 Å². The van der Waals surface area contributed by atoms with Gasteiger partial charge >= 0.3 is 6.09 Å². The van der Waals surface area contributed by atoms with E-state index in [-0.39, 0.29) is 6.09 Å². The third-order valence-corrected chi connectivity index (χ3v) is 0.982. The lowest BCUT2D eigenvalue weighted by Crippen LogP contribution is -2.27. The predicted molar refractivity (Wildman–Crippen MR) is 39.8 cm³/mol. The van der Waals surface area contributed by atoms with E-state index in [1.54, 1.807) is 20.0 Å². The number of ether oxygens (including phenoxy) is 1. The van der Waals surface area contributed by atoms with Crippen molar-refractivity contribution in [2.24, 2.45) is 0 Å². The minimum atomic E-state index is -0.303. The molecule has 0 fully saturated rings. The van der Waals surface area contributed by atoms with E-state index in [9.17, 15) is 4.79 Å². The lowest BCUT2D eigenvalue weighted by Gasteiger charge is -2.13. The molecule has 0 bridgehead atoms. The van der Waals surface area contributed by atoms with Gasteiger partial charge in [-0.3, -0.25) is 0 Å². The minimum absolute atomic E-state index is 0.303. The van der Waals surface area contributed by atoms with Crippen molar-refractivity contribution in [3.8, 4) is 0 Å². The van der Waals surface area contributed by atoms with Gasteiger partial charge in [0.1, 0.15) is 0 Å². The topological polar surface area (TPSA) is 29.5 Å². The fourth-order valence-electron chi connectivity index (χ4n) is 0.502. The van der Waals surface area contributed by atoms with E-state index in [2.05, 4.69) is 6.58 Å². The normalized spacial score (nSPS) is 8.60. The van der Waals surface area contributed by atoms with Crippen LogP contribution in [0.1, 0.15) is 6.92 Å². The molecule has 0 atom stereocenters. The number of rotatable bonds is 3. The first-order valence-corrected chi connectivity index (χ1v) is 3.21. The molecule has 0 rings (SSSR count). The van der Waals surface area contributed by atoms with Crippen molar-refractivity contribution >= 4 is 6.09 Å². The molecule has 0 radical (unpaired) electrons. The SMILES string of the molecule is C=CCN(C)C(=O)OCC. The second-order valence-corrected chi connectivity index (χ2v) is 1.87. The Morgan fingerprint density at radius 2 is 2.40 bits per heavy atom. The molecule has 0 aromatic carbocycles. The van der Waals surface area contributed by atoms with E-state index in [4.69, 9.17) is 4.74 Å². The summed E-state index contributed by atoms with van der Waals surface area (Å²) in [4.78, 5) is 12.2. The summed E-state index contributed by atoms with van der Waals surface area (Å²) in [6.07, 6.45) is 1.35. The predicted octanol–water partition coefficient (Wildman–Crippen LogP) is 1.26. The quantitative estimate of drug-likeness (QED) is 0.556. The summed E-state index contributed by atoms with van der Waals surface area (Å²) in [7, 11) is 1.67. The van der Waals surface area contributed by atoms with Crippen LogP contribution in [0.3, 0.4) is 0 Å². The van der Waals surface area contributed by atoms with Crippen LogP contribution in [0.4, 0.5) is 4.79 Å². The summed E-state index contributed by atoms with van der Waals surface area (Å²) in [5, 5.41) is 0. The number of carbonyl (C=O) groups excluding carboxylic acids is 1. The second-order valence-electron chi connectivity index (χ2n) is 1.87. The second kappa shape index (κ2) is 4.85. The zero-order valence-corrected chi connectivity index (χ0v) is 6.46. The highest BCUT2D eigenvalue weighted by atomic mass is 16.5. The third kappa shape index (κ3) is 3.12. The standard InChI is InChI=1S/C7H13NO2/c1-4-6-8(3)7(9)10-5-2/h4H,1,5-6H2,2-3H3. The maximum absolute atomic E-state index is 10.8. The summed E-state index contributed by atoms with van der Waals surface area (Å²) in [5.74, 6) is 0. The number of nitrogens with zero attached hydrogens (tertiary/aromatic N) is 1. The van der Waals surface area contributed by atoms with E-state index in [1.807, 2.05) is 0 Å². The molecular weight excluding hydrogens is 130 g/mol. The Morgan fingerprint density at radius 1 is 1.80 bits per heavy atom. The molecule has 0 aliphatic heterocycles. The van der Waals surface area contributed by atoms with Gasteiger partial charge in [0.25, 0.3) is 0 Å². The first kappa shape index (κ1) is 9.01. The Balaban J connectivity index is 3.58. The minimum Gasteiger partial charge on any atom is -0.450 e. The molecule has 0 aliphatic rings. The highest BCUT2D eigenvalue weighted by Gasteiger charge is 2.04. The van der Waals surface area contributed by atoms with Crippen LogP contribution in [0.2, 0.25) is 0 Å². The van der Waals surface area contributed by atoms with Crippen molar-refractivity contribution in [3.05, 3.63) is 12.7 Å². The van der Waals surface area contributed by atoms with Gasteiger partial charge in [-0.25, -0.2) is 4.79 Å². The highest BCUT2D eigenvalue weighted by molar-refractivity contribution is 5.67. The molecule has 10 heavy (non-hydrogen) atoms. The lowest BCUT2D eigenvalue weighted by molar-refractivity contribution is 0.120. The zero-order chi connectivity index (χ0) is 7.98. The van der Waals surface area contributed by atoms with Crippen LogP contribution in [0.25, 0.3) is 0 Å². The largest absolute Gasteiger partial charge is 0.450 e. The number of hydrogen-bond acceptors (Lipinski definition) is 2. The maximum Gasteiger partial charge on any atom is 0.409 e. The smallest absolute Gasteiger partial charge is 0.409 e. The molecule has 0 unspecified atom stereocenters. The summed E-state index contributed by atoms with van der Waals surface area (Å²) in [5.41, 5.74) is 0. The number of carbonyl (C=O) groups is 1. The first-order valence-electron chi connectivity index (χ1n) is 3.21. The van der Waals surface area contributed by atoms with E-state index >= 15 is 0 Å². The Hall–Kier alpha value is -0.990. The fraction of sp³-hybridized carbons (Fsp3) is 0.571. The molecule has 1 amide bonds. The summed E-state index contributed by atoms with van der Waals surface area (Å²) < 4.78 is 4.70. The number of likely N-dealkylation sites (N-methyl/N-ethyl adjacent to an activating group) is 1. The van der Waals surface area contributed by atoms with Crippen LogP contribution in [0.5, 0.6) is 0 Å². The van der Waals surface area contributed by atoms with E-state index < -0.39 is 0 Å². The number of amides is 1. The van der Waals surface area contributed by atoms with Crippen molar-refractivity contribution in [2.75, 3.05) is 20.2 Å². The molecule has 0 aliphatic carbocycles. The van der Waals surface area contributed by atoms with Crippen LogP contribution in [-0.4, -0.2) is 31.2 Å². The van der Waals surface area contributed by atoms with Crippen molar-refractivity contribution in [1.29, 1.82) is 0 Å². The Labute approximate surface area is 61.3 Å². The van der Waals surface area contributed by atoms with Gasteiger partial charge in [0, 0.05) is 13.6 Å². The van der Waals surface area contributed by atoms with Crippen molar-refractivity contribution in [1.82, 2.24) is 4.90 Å². The Morgan fingerprint density at radius 3 is 2.80 bits per heavy atom. The molecule has 0 saturated heterocycles. The van der Waals surface area contributed by atoms with Gasteiger partial charge in [-0.2, -0.15) is 0 Å². The number of hydrogen-bond donors (Lipinski definition) is 0. The van der Waals surface area contributed by atoms with Gasteiger partial charge in [-0.15, -0.1) is 6.58 Å². The molecule has 58 valence electrons. The summed E-state index contributed by atoms with van der Waals surface area (Å²) >= 11 is 0. The van der Waals surface area contributed by atoms with Crippen LogP contribution >= 0.6 is 0 Å². The fourth-order valence-corrected chi connectivity index (χ4v) is 0.502. The van der Waals surface area contributed by atoms with E-state index in [1.165, 1.54) is 4.90 Å². The first-order chi connectivity index (χ1) is 4.72. The van der Waals surface area contributed by atoms with Crippen LogP contribution in [0.15, 0.2) is 12.7 Å². The molecule has 0 aromatic rings. The highest BCUT2D eigenvalue weighted by Crippen LogP contribution is 1.88. The maximum atomic E-state index is 10.8. The Kier molecular flexibility index (Phi) is 4.37. The van der Waals surface area contributed by atoms with Crippen molar-refractivity contribution in [2.45, 2.75) is 6.92 Å². The summed E-state index contributed by atoms with van der Waals surface area (Å²) in [6.45, 7) is 6.21. The van der Waals surface area contributed by atoms with Gasteiger partial charge in [-0.1, -0.05) is 6.08 Å². The average Bonchev–Trinajstić information content (AvgIpc) is 1.89. The third-order valence-electron chi connectivity index (χ3n) is 0.982. The van der Waals surface area contributed by atoms with Gasteiger partial charge in [-0.05, 0) is 6.92 Å². The van der Waals surface area contributed by atoms with Crippen molar-refractivity contribution < 1.29 is 9.53 Å². The van der Waals surface area contributed by atoms with Gasteiger partial charge < -0.3 is 9.64 Å². The van der Waals surface area contributed by atoms with Gasteiger partial charge in [0.15, 0.2) is 0 Å². The van der Waals surface area contributed by atoms with Crippen LogP contribution < -0.4 is 0 Å². The molecule has 0 spiro atoms. The van der Waals surface area contributed by atoms with Crippen LogP contribution in [-0.2, 0) is 4.74 Å². The molecule has 0 aromatic heterocycles. The van der Waals surface area contributed by atoms with Crippen molar-refractivity contribution in [3.63, 3.8) is 0 Å². The summed E-state index contributed by atoms with van der Waals surface area (Å²) in [6, 6.07) is 0. The molecule has 0 N–H and O–H groups in total. The van der Waals surface area contributed by atoms with Gasteiger partial charge in [0.05, 0.1) is 6.61 Å².